The monoisotopic (exact) mass is 370 g/mol. The summed E-state index contributed by atoms with van der Waals surface area (Å²) in [7, 11) is 0. The molecule has 26 heavy (non-hydrogen) atoms. The van der Waals surface area contributed by atoms with Crippen molar-refractivity contribution in [1.82, 2.24) is 10.4 Å². The molecule has 2 aromatic carbocycles. The van der Waals surface area contributed by atoms with E-state index >= 15 is 0 Å². The molecule has 0 aliphatic carbocycles. The number of aliphatic hydroxyl groups excluding tert-OH is 1. The second kappa shape index (κ2) is 9.58. The standard InChI is InChI=1S/C21H23ClN2O2/c22-21(11-10-17-6-2-1-3-7-17)23-26-16-20(25)15-24-13-12-18-8-4-5-9-19(18)14-24/h1-10,20,23,25H,12-16H2. The van der Waals surface area contributed by atoms with Crippen LogP contribution in [0.4, 0.5) is 0 Å². The summed E-state index contributed by atoms with van der Waals surface area (Å²) in [5.74, 6) is 0. The molecule has 2 aromatic rings. The van der Waals surface area contributed by atoms with Gasteiger partial charge in [-0.15, -0.1) is 0 Å². The van der Waals surface area contributed by atoms with Crippen molar-refractivity contribution >= 4 is 17.7 Å². The molecule has 0 saturated carbocycles. The first-order valence-corrected chi connectivity index (χ1v) is 9.11. The summed E-state index contributed by atoms with van der Waals surface area (Å²) >= 11 is 6.01. The molecule has 1 aliphatic heterocycles. The summed E-state index contributed by atoms with van der Waals surface area (Å²) in [5, 5.41) is 10.4. The predicted molar refractivity (Wildman–Crippen MR) is 104 cm³/mol. The van der Waals surface area contributed by atoms with Gasteiger partial charge in [0.25, 0.3) is 0 Å². The van der Waals surface area contributed by atoms with Gasteiger partial charge in [0.2, 0.25) is 0 Å². The highest BCUT2D eigenvalue weighted by molar-refractivity contribution is 6.29. The first kappa shape index (κ1) is 18.7. The number of nitrogens with zero attached hydrogens (tertiary/aromatic N) is 1. The number of fused-ring (bicyclic) bond motifs is 1. The number of aliphatic hydroxyl groups is 1. The van der Waals surface area contributed by atoms with E-state index in [2.05, 4.69) is 40.4 Å². The maximum absolute atomic E-state index is 10.2. The predicted octanol–water partition coefficient (Wildman–Crippen LogP) is 3.32. The van der Waals surface area contributed by atoms with Crippen molar-refractivity contribution < 1.29 is 9.94 Å². The van der Waals surface area contributed by atoms with Gasteiger partial charge in [0.05, 0.1) is 6.10 Å². The van der Waals surface area contributed by atoms with E-state index in [0.717, 1.165) is 25.1 Å². The third kappa shape index (κ3) is 5.73. The third-order valence-corrected chi connectivity index (χ3v) is 4.47. The number of rotatable bonds is 7. The van der Waals surface area contributed by atoms with E-state index in [0.29, 0.717) is 6.54 Å². The van der Waals surface area contributed by atoms with Gasteiger partial charge in [-0.3, -0.25) is 9.74 Å². The van der Waals surface area contributed by atoms with Crippen molar-refractivity contribution in [3.8, 4) is 0 Å². The van der Waals surface area contributed by atoms with Gasteiger partial charge in [-0.2, -0.15) is 0 Å². The maximum Gasteiger partial charge on any atom is 0.169 e. The number of β-amino-alcohol motifs (C(OH)–C–C–N with tert-alkyl or cyclic N) is 1. The summed E-state index contributed by atoms with van der Waals surface area (Å²) in [6.45, 7) is 2.53. The summed E-state index contributed by atoms with van der Waals surface area (Å²) in [4.78, 5) is 7.52. The lowest BCUT2D eigenvalue weighted by Gasteiger charge is -2.30. The van der Waals surface area contributed by atoms with Crippen molar-refractivity contribution in [2.45, 2.75) is 19.1 Å². The van der Waals surface area contributed by atoms with E-state index in [1.807, 2.05) is 30.3 Å². The number of hydroxylamine groups is 1. The summed E-state index contributed by atoms with van der Waals surface area (Å²) in [6, 6.07) is 18.2. The Balaban J connectivity index is 1.40. The molecule has 0 fully saturated rings. The largest absolute Gasteiger partial charge is 0.389 e. The summed E-state index contributed by atoms with van der Waals surface area (Å²) < 4.78 is 0. The molecule has 1 unspecified atom stereocenters. The molecule has 0 bridgehead atoms. The highest BCUT2D eigenvalue weighted by atomic mass is 35.5. The Labute approximate surface area is 159 Å². The summed E-state index contributed by atoms with van der Waals surface area (Å²) in [5.41, 5.74) is 9.23. The zero-order chi connectivity index (χ0) is 18.2. The van der Waals surface area contributed by atoms with Crippen LogP contribution in [-0.2, 0) is 17.8 Å². The molecule has 1 heterocycles. The molecule has 4 nitrogen and oxygen atoms in total. The lowest BCUT2D eigenvalue weighted by molar-refractivity contribution is -0.0173. The topological polar surface area (TPSA) is 44.7 Å². The number of benzene rings is 2. The van der Waals surface area contributed by atoms with Gasteiger partial charge in [0.1, 0.15) is 6.61 Å². The van der Waals surface area contributed by atoms with Gasteiger partial charge in [0.15, 0.2) is 5.16 Å². The van der Waals surface area contributed by atoms with Crippen LogP contribution in [0.3, 0.4) is 0 Å². The minimum atomic E-state index is -0.588. The van der Waals surface area contributed by atoms with Crippen LogP contribution in [0.15, 0.2) is 65.5 Å². The second-order valence-electron chi connectivity index (χ2n) is 6.33. The average molecular weight is 371 g/mol. The first-order valence-electron chi connectivity index (χ1n) is 8.73. The molecule has 1 atom stereocenters. The number of nitrogens with one attached hydrogen (secondary N) is 1. The molecule has 2 N–H and O–H groups in total. The highest BCUT2D eigenvalue weighted by Crippen LogP contribution is 2.18. The number of halogens is 1. The van der Waals surface area contributed by atoms with Gasteiger partial charge >= 0.3 is 0 Å². The number of hydrogen-bond acceptors (Lipinski definition) is 4. The zero-order valence-electron chi connectivity index (χ0n) is 14.6. The molecule has 1 aliphatic rings. The van der Waals surface area contributed by atoms with Crippen LogP contribution in [-0.4, -0.2) is 35.8 Å². The smallest absolute Gasteiger partial charge is 0.169 e. The van der Waals surface area contributed by atoms with Gasteiger partial charge in [-0.05, 0) is 29.2 Å². The summed E-state index contributed by atoms with van der Waals surface area (Å²) in [6.07, 6.45) is 2.19. The lowest BCUT2D eigenvalue weighted by atomic mass is 10.00. The Kier molecular flexibility index (Phi) is 6.89. The second-order valence-corrected chi connectivity index (χ2v) is 6.71. The van der Waals surface area contributed by atoms with E-state index in [4.69, 9.17) is 16.4 Å². The molecule has 5 heteroatoms. The van der Waals surface area contributed by atoms with Gasteiger partial charge in [-0.25, -0.2) is 5.48 Å². The highest BCUT2D eigenvalue weighted by Gasteiger charge is 2.18. The van der Waals surface area contributed by atoms with Crippen LogP contribution in [0.1, 0.15) is 16.7 Å². The minimum absolute atomic E-state index is 0.154. The Morgan fingerprint density at radius 2 is 1.92 bits per heavy atom. The number of hydrogen-bond donors (Lipinski definition) is 2. The van der Waals surface area contributed by atoms with Crippen molar-refractivity contribution in [1.29, 1.82) is 0 Å². The van der Waals surface area contributed by atoms with E-state index in [-0.39, 0.29) is 11.8 Å². The fraction of sp³-hybridized carbons (Fsp3) is 0.286. The zero-order valence-corrected chi connectivity index (χ0v) is 15.3. The first-order chi connectivity index (χ1) is 12.7. The van der Waals surface area contributed by atoms with Crippen molar-refractivity contribution in [3.05, 3.63) is 82.2 Å². The normalized spacial score (nSPS) is 14.8. The van der Waals surface area contributed by atoms with Crippen LogP contribution in [0.25, 0.3) is 6.08 Å². The van der Waals surface area contributed by atoms with E-state index in [1.54, 1.807) is 6.08 Å². The Bertz CT molecular complexity index is 773. The SMILES string of the molecule is OC(CONC(Cl)=C=Cc1ccccc1)CN1CCc2ccccc2C1. The van der Waals surface area contributed by atoms with Crippen LogP contribution in [0, 0.1) is 0 Å². The van der Waals surface area contributed by atoms with E-state index in [1.165, 1.54) is 11.1 Å². The Morgan fingerprint density at radius 1 is 1.19 bits per heavy atom. The van der Waals surface area contributed by atoms with Crippen LogP contribution in [0.5, 0.6) is 0 Å². The fourth-order valence-electron chi connectivity index (χ4n) is 2.99. The molecule has 0 spiro atoms. The Morgan fingerprint density at radius 3 is 2.73 bits per heavy atom. The molecular formula is C21H23ClN2O2. The van der Waals surface area contributed by atoms with Crippen LogP contribution >= 0.6 is 11.6 Å². The minimum Gasteiger partial charge on any atom is -0.389 e. The van der Waals surface area contributed by atoms with Gasteiger partial charge in [0, 0.05) is 19.6 Å². The molecule has 136 valence electrons. The molecular weight excluding hydrogens is 348 g/mol. The van der Waals surface area contributed by atoms with Gasteiger partial charge < -0.3 is 5.11 Å². The van der Waals surface area contributed by atoms with Crippen molar-refractivity contribution in [2.75, 3.05) is 19.7 Å². The molecule has 3 rings (SSSR count). The molecule has 0 aromatic heterocycles. The molecule has 0 amide bonds. The van der Waals surface area contributed by atoms with Crippen molar-refractivity contribution in [2.24, 2.45) is 0 Å². The molecule has 0 radical (unpaired) electrons. The van der Waals surface area contributed by atoms with E-state index in [9.17, 15) is 5.11 Å². The van der Waals surface area contributed by atoms with Crippen LogP contribution in [0.2, 0.25) is 0 Å². The average Bonchev–Trinajstić information content (AvgIpc) is 2.67. The van der Waals surface area contributed by atoms with E-state index < -0.39 is 6.10 Å². The third-order valence-electron chi connectivity index (χ3n) is 4.28. The molecule has 0 saturated heterocycles. The fourth-order valence-corrected chi connectivity index (χ4v) is 3.10. The lowest BCUT2D eigenvalue weighted by Crippen LogP contribution is -2.39. The van der Waals surface area contributed by atoms with Crippen molar-refractivity contribution in [3.63, 3.8) is 0 Å². The maximum atomic E-state index is 10.2. The van der Waals surface area contributed by atoms with Gasteiger partial charge in [-0.1, -0.05) is 71.9 Å². The Hall–Kier alpha value is -2.07. The van der Waals surface area contributed by atoms with Crippen LogP contribution < -0.4 is 5.48 Å². The quantitative estimate of drug-likeness (QED) is 0.446.